The monoisotopic (exact) mass is 784 g/mol. The zero-order chi connectivity index (χ0) is 39.6. The molecule has 2 unspecified atom stereocenters. The Kier molecular flexibility index (Phi) is 39.5. The number of phosphoric ester groups is 1. The third kappa shape index (κ3) is 41.4. The van der Waals surface area contributed by atoms with Crippen molar-refractivity contribution in [2.45, 2.75) is 206 Å². The van der Waals surface area contributed by atoms with Gasteiger partial charge in [-0.3, -0.25) is 18.6 Å². The summed E-state index contributed by atoms with van der Waals surface area (Å²) in [5, 5.41) is 12.7. The first-order chi connectivity index (χ1) is 26.3. The van der Waals surface area contributed by atoms with Gasteiger partial charge in [0.05, 0.1) is 13.2 Å². The van der Waals surface area contributed by atoms with Crippen molar-refractivity contribution >= 4 is 19.7 Å². The minimum absolute atomic E-state index is 0.0737. The fourth-order valence-corrected chi connectivity index (χ4v) is 6.69. The van der Waals surface area contributed by atoms with Crippen LogP contribution in [0.3, 0.4) is 0 Å². The molecular weight excluding hydrogens is 701 g/mol. The zero-order valence-corrected chi connectivity index (χ0v) is 35.6. The second-order valence-corrected chi connectivity index (χ2v) is 16.1. The molecule has 9 nitrogen and oxygen atoms in total. The van der Waals surface area contributed by atoms with Gasteiger partial charge in [0.25, 0.3) is 0 Å². The van der Waals surface area contributed by atoms with E-state index in [1.807, 2.05) is 0 Å². The Bertz CT molecular complexity index is 986. The molecule has 0 aliphatic rings. The number of hydrogen-bond acceptors (Lipinski definition) is 7. The predicted octanol–water partition coefficient (Wildman–Crippen LogP) is 12.2. The van der Waals surface area contributed by atoms with Crippen LogP contribution in [0.1, 0.15) is 200 Å². The average Bonchev–Trinajstić information content (AvgIpc) is 3.16. The van der Waals surface area contributed by atoms with E-state index in [4.69, 9.17) is 13.8 Å². The van der Waals surface area contributed by atoms with Gasteiger partial charge < -0.3 is 20.1 Å². The van der Waals surface area contributed by atoms with Gasteiger partial charge in [-0.05, 0) is 70.6 Å². The van der Waals surface area contributed by atoms with E-state index in [0.717, 1.165) is 64.2 Å². The maximum atomic E-state index is 12.1. The number of rotatable bonds is 41. The number of allylic oxidation sites excluding steroid dienone is 6. The lowest BCUT2D eigenvalue weighted by molar-refractivity contribution is -0.147. The van der Waals surface area contributed by atoms with Crippen molar-refractivity contribution in [2.75, 3.05) is 26.4 Å². The molecule has 0 saturated carbocycles. The van der Waals surface area contributed by atoms with Gasteiger partial charge in [-0.2, -0.15) is 0 Å². The fraction of sp³-hybridized carbons (Fsp3) is 0.818. The number of esters is 1. The van der Waals surface area contributed by atoms with E-state index < -0.39 is 26.5 Å². The van der Waals surface area contributed by atoms with Crippen molar-refractivity contribution < 1.29 is 37.9 Å². The van der Waals surface area contributed by atoms with E-state index in [2.05, 4.69) is 55.6 Å². The van der Waals surface area contributed by atoms with E-state index in [9.17, 15) is 24.2 Å². The highest BCUT2D eigenvalue weighted by molar-refractivity contribution is 7.47. The summed E-state index contributed by atoms with van der Waals surface area (Å²) in [5.74, 6) is -0.533. The number of aliphatic hydroxyl groups excluding tert-OH is 1. The SMILES string of the molecule is CCCCCC/C=C\C/C=C\CCCCCCCC(=O)NCCOP(=O)(O)OCC(O)COC(=O)CCCCCCCCC/C=C\CCCCCCCC. The van der Waals surface area contributed by atoms with E-state index in [1.165, 1.54) is 109 Å². The molecule has 0 aliphatic heterocycles. The molecule has 0 rings (SSSR count). The number of unbranched alkanes of at least 4 members (excludes halogenated alkanes) is 22. The number of nitrogens with one attached hydrogen (secondary N) is 1. The third-order valence-corrected chi connectivity index (χ3v) is 10.3. The first-order valence-electron chi connectivity index (χ1n) is 22.0. The first-order valence-corrected chi connectivity index (χ1v) is 23.5. The molecule has 3 N–H and O–H groups in total. The number of hydrogen-bond donors (Lipinski definition) is 3. The van der Waals surface area contributed by atoms with Gasteiger partial charge in [-0.25, -0.2) is 4.57 Å². The van der Waals surface area contributed by atoms with E-state index >= 15 is 0 Å². The Morgan fingerprint density at radius 1 is 0.574 bits per heavy atom. The third-order valence-electron chi connectivity index (χ3n) is 9.29. The number of amides is 1. The number of ether oxygens (including phenoxy) is 1. The van der Waals surface area contributed by atoms with Crippen molar-refractivity contribution in [3.05, 3.63) is 36.5 Å². The Balaban J connectivity index is 3.62. The Labute approximate surface area is 331 Å². The topological polar surface area (TPSA) is 131 Å². The maximum absolute atomic E-state index is 12.1. The van der Waals surface area contributed by atoms with Crippen molar-refractivity contribution in [3.8, 4) is 0 Å². The standard InChI is InChI=1S/C44H82NO8P/c1-3-5-7-9-11-13-15-17-19-21-23-25-27-29-31-33-35-37-44(48)51-40-42(46)41-53-54(49,50)52-39-38-45-43(47)36-34-32-30-28-26-24-22-20-18-16-14-12-10-8-6-4-2/h14,16-17,19-20,22,42,46H,3-13,15,18,21,23-41H2,1-2H3,(H,45,47)(H,49,50)/b16-14-,19-17-,22-20-. The normalized spacial score (nSPS) is 13.6. The molecule has 0 fully saturated rings. The van der Waals surface area contributed by atoms with Crippen LogP contribution >= 0.6 is 7.82 Å². The fourth-order valence-electron chi connectivity index (χ4n) is 5.93. The molecular formula is C44H82NO8P. The molecule has 316 valence electrons. The van der Waals surface area contributed by atoms with E-state index in [-0.39, 0.29) is 32.1 Å². The molecule has 2 atom stereocenters. The van der Waals surface area contributed by atoms with Crippen molar-refractivity contribution in [1.29, 1.82) is 0 Å². The summed E-state index contributed by atoms with van der Waals surface area (Å²) in [5.41, 5.74) is 0. The molecule has 0 radical (unpaired) electrons. The van der Waals surface area contributed by atoms with E-state index in [0.29, 0.717) is 6.42 Å². The molecule has 10 heteroatoms. The van der Waals surface area contributed by atoms with Gasteiger partial charge >= 0.3 is 13.8 Å². The number of carbonyl (C=O) groups excluding carboxylic acids is 2. The van der Waals surface area contributed by atoms with Crippen LogP contribution < -0.4 is 5.32 Å². The second kappa shape index (κ2) is 40.9. The quantitative estimate of drug-likeness (QED) is 0.0242. The molecule has 0 spiro atoms. The average molecular weight is 784 g/mol. The second-order valence-electron chi connectivity index (χ2n) is 14.7. The predicted molar refractivity (Wildman–Crippen MR) is 224 cm³/mol. The minimum atomic E-state index is -4.42. The Morgan fingerprint density at radius 3 is 1.52 bits per heavy atom. The summed E-state index contributed by atoms with van der Waals surface area (Å²) in [6.07, 6.45) is 45.0. The van der Waals surface area contributed by atoms with Crippen LogP contribution in [0.15, 0.2) is 36.5 Å². The minimum Gasteiger partial charge on any atom is -0.463 e. The number of aliphatic hydroxyl groups is 1. The van der Waals surface area contributed by atoms with Crippen LogP contribution in [0.4, 0.5) is 0 Å². The maximum Gasteiger partial charge on any atom is 0.472 e. The van der Waals surface area contributed by atoms with Crippen LogP contribution in [0.25, 0.3) is 0 Å². The van der Waals surface area contributed by atoms with Crippen LogP contribution in [-0.4, -0.2) is 54.3 Å². The summed E-state index contributed by atoms with van der Waals surface area (Å²) >= 11 is 0. The van der Waals surface area contributed by atoms with Crippen LogP contribution in [-0.2, 0) is 27.9 Å². The lowest BCUT2D eigenvalue weighted by atomic mass is 10.1. The highest BCUT2D eigenvalue weighted by Crippen LogP contribution is 2.42. The van der Waals surface area contributed by atoms with Gasteiger partial charge in [-0.1, -0.05) is 153 Å². The molecule has 1 amide bonds. The molecule has 54 heavy (non-hydrogen) atoms. The largest absolute Gasteiger partial charge is 0.472 e. The molecule has 0 bridgehead atoms. The molecule has 0 saturated heterocycles. The molecule has 0 aromatic carbocycles. The summed E-state index contributed by atoms with van der Waals surface area (Å²) < 4.78 is 26.9. The summed E-state index contributed by atoms with van der Waals surface area (Å²) in [6, 6.07) is 0. The van der Waals surface area contributed by atoms with E-state index in [1.54, 1.807) is 0 Å². The van der Waals surface area contributed by atoms with Crippen LogP contribution in [0.5, 0.6) is 0 Å². The van der Waals surface area contributed by atoms with Gasteiger partial charge in [0.1, 0.15) is 12.7 Å². The summed E-state index contributed by atoms with van der Waals surface area (Å²) in [4.78, 5) is 33.9. The van der Waals surface area contributed by atoms with Gasteiger partial charge in [0.15, 0.2) is 0 Å². The molecule has 0 heterocycles. The number of phosphoric acid groups is 1. The van der Waals surface area contributed by atoms with Gasteiger partial charge in [-0.15, -0.1) is 0 Å². The summed E-state index contributed by atoms with van der Waals surface area (Å²) in [7, 11) is -4.42. The van der Waals surface area contributed by atoms with Crippen LogP contribution in [0, 0.1) is 0 Å². The van der Waals surface area contributed by atoms with Gasteiger partial charge in [0, 0.05) is 19.4 Å². The van der Waals surface area contributed by atoms with Gasteiger partial charge in [0.2, 0.25) is 5.91 Å². The number of carbonyl (C=O) groups is 2. The molecule has 0 aromatic rings. The summed E-state index contributed by atoms with van der Waals surface area (Å²) in [6.45, 7) is 3.52. The lowest BCUT2D eigenvalue weighted by Crippen LogP contribution is -2.27. The Morgan fingerprint density at radius 2 is 1.00 bits per heavy atom. The smallest absolute Gasteiger partial charge is 0.463 e. The molecule has 0 aliphatic carbocycles. The molecule has 0 aromatic heterocycles. The first kappa shape index (κ1) is 52.2. The highest BCUT2D eigenvalue weighted by Gasteiger charge is 2.23. The van der Waals surface area contributed by atoms with Crippen molar-refractivity contribution in [2.24, 2.45) is 0 Å². The lowest BCUT2D eigenvalue weighted by Gasteiger charge is -2.15. The van der Waals surface area contributed by atoms with Crippen molar-refractivity contribution in [3.63, 3.8) is 0 Å². The highest BCUT2D eigenvalue weighted by atomic mass is 31.2. The van der Waals surface area contributed by atoms with Crippen molar-refractivity contribution in [1.82, 2.24) is 5.32 Å². The zero-order valence-electron chi connectivity index (χ0n) is 34.7. The van der Waals surface area contributed by atoms with Crippen LogP contribution in [0.2, 0.25) is 0 Å². The Hall–Kier alpha value is -1.77.